The number of phenols is 1. The molecule has 0 aliphatic carbocycles. The number of nitro benzene ring substituents is 1. The standard InChI is InChI=1S/C26H22N6O4S/c1-2-8-18-9-6-11-20(24(18)34)16-27-28-23(33)17-37-26-30-29-25(31(26)21-12-4-3-5-13-21)19-10-7-14-22(15-19)32(35)36/h2-7,9-16,34H,1,8,17H2,(H,28,33). The first-order valence-corrected chi connectivity index (χ1v) is 12.1. The second-order valence-corrected chi connectivity index (χ2v) is 8.66. The molecule has 1 heterocycles. The third-order valence-corrected chi connectivity index (χ3v) is 6.13. The van der Waals surface area contributed by atoms with Gasteiger partial charge in [0.1, 0.15) is 5.75 Å². The van der Waals surface area contributed by atoms with Crippen molar-refractivity contribution in [2.24, 2.45) is 5.10 Å². The van der Waals surface area contributed by atoms with Crippen LogP contribution in [0.25, 0.3) is 17.1 Å². The molecule has 0 aliphatic heterocycles. The van der Waals surface area contributed by atoms with Gasteiger partial charge in [0.25, 0.3) is 11.6 Å². The van der Waals surface area contributed by atoms with Gasteiger partial charge in [-0.05, 0) is 30.2 Å². The maximum atomic E-state index is 12.5. The number of hydrazone groups is 1. The predicted octanol–water partition coefficient (Wildman–Crippen LogP) is 4.52. The number of nitrogens with one attached hydrogen (secondary N) is 1. The summed E-state index contributed by atoms with van der Waals surface area (Å²) in [5.41, 5.74) is 4.82. The fraction of sp³-hybridized carbons (Fsp3) is 0.0769. The Kier molecular flexibility index (Phi) is 8.06. The molecule has 37 heavy (non-hydrogen) atoms. The van der Waals surface area contributed by atoms with Crippen molar-refractivity contribution >= 4 is 29.6 Å². The largest absolute Gasteiger partial charge is 0.507 e. The van der Waals surface area contributed by atoms with Gasteiger partial charge in [0.2, 0.25) is 0 Å². The van der Waals surface area contributed by atoms with Crippen molar-refractivity contribution in [3.63, 3.8) is 0 Å². The van der Waals surface area contributed by atoms with E-state index in [4.69, 9.17) is 0 Å². The van der Waals surface area contributed by atoms with Gasteiger partial charge in [-0.2, -0.15) is 5.10 Å². The summed E-state index contributed by atoms with van der Waals surface area (Å²) in [6.07, 6.45) is 3.57. The first kappa shape index (κ1) is 25.3. The highest BCUT2D eigenvalue weighted by Crippen LogP contribution is 2.29. The summed E-state index contributed by atoms with van der Waals surface area (Å²) in [4.78, 5) is 23.2. The van der Waals surface area contributed by atoms with Crippen LogP contribution < -0.4 is 5.43 Å². The Morgan fingerprint density at radius 3 is 2.68 bits per heavy atom. The number of aromatic nitrogens is 3. The summed E-state index contributed by atoms with van der Waals surface area (Å²) in [6, 6.07) is 20.7. The Hall–Kier alpha value is -4.77. The number of phenolic OH excluding ortho intramolecular Hbond substituents is 1. The van der Waals surface area contributed by atoms with Crippen LogP contribution in [0.2, 0.25) is 0 Å². The molecule has 1 aromatic heterocycles. The van der Waals surface area contributed by atoms with Gasteiger partial charge < -0.3 is 5.11 Å². The number of allylic oxidation sites excluding steroid dienone is 1. The third-order valence-electron chi connectivity index (χ3n) is 5.20. The van der Waals surface area contributed by atoms with Gasteiger partial charge in [-0.1, -0.05) is 60.3 Å². The number of para-hydroxylation sites is 2. The van der Waals surface area contributed by atoms with Crippen LogP contribution >= 0.6 is 11.8 Å². The van der Waals surface area contributed by atoms with Crippen molar-refractivity contribution < 1.29 is 14.8 Å². The van der Waals surface area contributed by atoms with E-state index < -0.39 is 4.92 Å². The second kappa shape index (κ2) is 11.8. The average Bonchev–Trinajstić information content (AvgIpc) is 3.34. The minimum atomic E-state index is -0.470. The Labute approximate surface area is 216 Å². The van der Waals surface area contributed by atoms with E-state index in [9.17, 15) is 20.0 Å². The number of non-ortho nitro benzene ring substituents is 1. The third kappa shape index (κ3) is 6.08. The highest BCUT2D eigenvalue weighted by molar-refractivity contribution is 7.99. The fourth-order valence-corrected chi connectivity index (χ4v) is 4.23. The number of nitrogens with zero attached hydrogens (tertiary/aromatic N) is 5. The summed E-state index contributed by atoms with van der Waals surface area (Å²) in [5, 5.41) is 34.4. The van der Waals surface area contributed by atoms with Gasteiger partial charge >= 0.3 is 0 Å². The average molecular weight is 515 g/mol. The smallest absolute Gasteiger partial charge is 0.270 e. The van der Waals surface area contributed by atoms with Gasteiger partial charge in [-0.3, -0.25) is 19.5 Å². The molecule has 0 atom stereocenters. The van der Waals surface area contributed by atoms with Gasteiger partial charge in [-0.15, -0.1) is 16.8 Å². The molecular weight excluding hydrogens is 492 g/mol. The molecular formula is C26H22N6O4S. The number of benzene rings is 3. The number of hydrogen-bond acceptors (Lipinski definition) is 8. The summed E-state index contributed by atoms with van der Waals surface area (Å²) in [6.45, 7) is 3.67. The van der Waals surface area contributed by atoms with Crippen LogP contribution in [0, 0.1) is 10.1 Å². The minimum absolute atomic E-state index is 0.0142. The van der Waals surface area contributed by atoms with Gasteiger partial charge in [0.15, 0.2) is 11.0 Å². The molecule has 186 valence electrons. The summed E-state index contributed by atoms with van der Waals surface area (Å²) in [5.74, 6) is 0.0901. The van der Waals surface area contributed by atoms with Crippen LogP contribution in [-0.2, 0) is 11.2 Å². The molecule has 0 fully saturated rings. The maximum Gasteiger partial charge on any atom is 0.270 e. The lowest BCUT2D eigenvalue weighted by molar-refractivity contribution is -0.384. The molecule has 10 nitrogen and oxygen atoms in total. The number of aromatic hydroxyl groups is 1. The first-order valence-electron chi connectivity index (χ1n) is 11.1. The summed E-state index contributed by atoms with van der Waals surface area (Å²) >= 11 is 1.14. The summed E-state index contributed by atoms with van der Waals surface area (Å²) < 4.78 is 1.74. The molecule has 1 amide bonds. The number of rotatable bonds is 10. The van der Waals surface area contributed by atoms with Gasteiger partial charge in [-0.25, -0.2) is 5.43 Å². The number of hydrogen-bond donors (Lipinski definition) is 2. The van der Waals surface area contributed by atoms with Crippen molar-refractivity contribution in [1.82, 2.24) is 20.2 Å². The van der Waals surface area contributed by atoms with E-state index in [-0.39, 0.29) is 23.1 Å². The van der Waals surface area contributed by atoms with E-state index in [0.717, 1.165) is 17.4 Å². The van der Waals surface area contributed by atoms with Crippen molar-refractivity contribution in [2.75, 3.05) is 5.75 Å². The molecule has 0 saturated carbocycles. The van der Waals surface area contributed by atoms with Crippen LogP contribution in [0.3, 0.4) is 0 Å². The highest BCUT2D eigenvalue weighted by atomic mass is 32.2. The zero-order chi connectivity index (χ0) is 26.2. The topological polar surface area (TPSA) is 136 Å². The molecule has 0 unspecified atom stereocenters. The molecule has 0 saturated heterocycles. The Morgan fingerprint density at radius 1 is 1.14 bits per heavy atom. The van der Waals surface area contributed by atoms with E-state index in [1.54, 1.807) is 41.0 Å². The van der Waals surface area contributed by atoms with E-state index >= 15 is 0 Å². The highest BCUT2D eigenvalue weighted by Gasteiger charge is 2.19. The van der Waals surface area contributed by atoms with Crippen molar-refractivity contribution in [2.45, 2.75) is 11.6 Å². The van der Waals surface area contributed by atoms with E-state index in [1.807, 2.05) is 30.3 Å². The SMILES string of the molecule is C=CCc1cccc(C=NNC(=O)CSc2nnc(-c3cccc([N+](=O)[O-])c3)n2-c2ccccc2)c1O. The normalized spacial score (nSPS) is 10.9. The second-order valence-electron chi connectivity index (χ2n) is 7.71. The van der Waals surface area contributed by atoms with Crippen LogP contribution in [0.15, 0.2) is 95.7 Å². The van der Waals surface area contributed by atoms with E-state index in [1.165, 1.54) is 18.3 Å². The zero-order valence-electron chi connectivity index (χ0n) is 19.5. The lowest BCUT2D eigenvalue weighted by Gasteiger charge is -2.10. The van der Waals surface area contributed by atoms with Gasteiger partial charge in [0.05, 0.1) is 16.9 Å². The molecule has 0 spiro atoms. The molecule has 0 radical (unpaired) electrons. The molecule has 2 N–H and O–H groups in total. The minimum Gasteiger partial charge on any atom is -0.507 e. The number of amides is 1. The molecule has 3 aromatic carbocycles. The lowest BCUT2D eigenvalue weighted by atomic mass is 10.1. The van der Waals surface area contributed by atoms with Crippen LogP contribution in [0.4, 0.5) is 5.69 Å². The monoisotopic (exact) mass is 514 g/mol. The quantitative estimate of drug-likeness (QED) is 0.104. The number of nitro groups is 1. The summed E-state index contributed by atoms with van der Waals surface area (Å²) in [7, 11) is 0. The van der Waals surface area contributed by atoms with Crippen molar-refractivity contribution in [3.8, 4) is 22.8 Å². The Balaban J connectivity index is 1.51. The first-order chi connectivity index (χ1) is 18.0. The molecule has 4 rings (SSSR count). The molecule has 0 bridgehead atoms. The molecule has 0 aliphatic rings. The van der Waals surface area contributed by atoms with Crippen LogP contribution in [0.5, 0.6) is 5.75 Å². The van der Waals surface area contributed by atoms with Crippen LogP contribution in [-0.4, -0.2) is 42.7 Å². The van der Waals surface area contributed by atoms with Gasteiger partial charge in [0, 0.05) is 28.9 Å². The Morgan fingerprint density at radius 2 is 1.92 bits per heavy atom. The number of thioether (sulfide) groups is 1. The number of carbonyl (C=O) groups is 1. The van der Waals surface area contributed by atoms with E-state index in [2.05, 4.69) is 27.3 Å². The Bertz CT molecular complexity index is 1470. The number of carbonyl (C=O) groups excluding carboxylic acids is 1. The molecule has 4 aromatic rings. The fourth-order valence-electron chi connectivity index (χ4n) is 3.49. The predicted molar refractivity (Wildman–Crippen MR) is 142 cm³/mol. The lowest BCUT2D eigenvalue weighted by Crippen LogP contribution is -2.20. The van der Waals surface area contributed by atoms with Crippen molar-refractivity contribution in [3.05, 3.63) is 107 Å². The van der Waals surface area contributed by atoms with Crippen LogP contribution in [0.1, 0.15) is 11.1 Å². The van der Waals surface area contributed by atoms with Crippen molar-refractivity contribution in [1.29, 1.82) is 0 Å². The van der Waals surface area contributed by atoms with E-state index in [0.29, 0.717) is 34.1 Å². The maximum absolute atomic E-state index is 12.5. The zero-order valence-corrected chi connectivity index (χ0v) is 20.3. The molecule has 11 heteroatoms.